The van der Waals surface area contributed by atoms with Gasteiger partial charge in [0.15, 0.2) is 9.84 Å². The Morgan fingerprint density at radius 3 is 2.71 bits per heavy atom. The van der Waals surface area contributed by atoms with Gasteiger partial charge in [0.2, 0.25) is 0 Å². The van der Waals surface area contributed by atoms with Crippen LogP contribution in [0.1, 0.15) is 26.7 Å². The summed E-state index contributed by atoms with van der Waals surface area (Å²) >= 11 is 0. The van der Waals surface area contributed by atoms with E-state index in [4.69, 9.17) is 5.11 Å². The van der Waals surface area contributed by atoms with Gasteiger partial charge >= 0.3 is 5.97 Å². The van der Waals surface area contributed by atoms with Crippen LogP contribution in [0.2, 0.25) is 0 Å². The Bertz CT molecular complexity index is 366. The third-order valence-corrected chi connectivity index (χ3v) is 5.00. The summed E-state index contributed by atoms with van der Waals surface area (Å²) in [5, 5.41) is 8.82. The second-order valence-electron chi connectivity index (χ2n) is 4.87. The van der Waals surface area contributed by atoms with Crippen LogP contribution >= 0.6 is 0 Å². The lowest BCUT2D eigenvalue weighted by molar-refractivity contribution is -0.138. The van der Waals surface area contributed by atoms with Crippen LogP contribution in [0.25, 0.3) is 0 Å². The molecule has 0 aromatic rings. The van der Waals surface area contributed by atoms with Gasteiger partial charge in [-0.3, -0.25) is 9.69 Å². The number of carboxylic acid groups (broad SMARTS) is 1. The Morgan fingerprint density at radius 1 is 1.53 bits per heavy atom. The minimum atomic E-state index is -3.06. The topological polar surface area (TPSA) is 74.7 Å². The monoisotopic (exact) mass is 263 g/mol. The van der Waals surface area contributed by atoms with E-state index in [2.05, 4.69) is 13.8 Å². The molecule has 0 radical (unpaired) electrons. The number of rotatable bonds is 5. The second-order valence-corrected chi connectivity index (χ2v) is 7.10. The summed E-state index contributed by atoms with van der Waals surface area (Å²) in [5.41, 5.74) is 0. The van der Waals surface area contributed by atoms with Crippen LogP contribution in [0.5, 0.6) is 0 Å². The molecule has 1 heterocycles. The Labute approximate surface area is 103 Å². The summed E-state index contributed by atoms with van der Waals surface area (Å²) in [5.74, 6) is -0.330. The van der Waals surface area contributed by atoms with Crippen molar-refractivity contribution in [1.82, 2.24) is 4.90 Å². The highest BCUT2D eigenvalue weighted by atomic mass is 32.2. The second kappa shape index (κ2) is 5.82. The highest BCUT2D eigenvalue weighted by Crippen LogP contribution is 2.17. The minimum Gasteiger partial charge on any atom is -0.481 e. The maximum absolute atomic E-state index is 11.5. The Kier molecular flexibility index (Phi) is 4.94. The smallest absolute Gasteiger partial charge is 0.304 e. The maximum atomic E-state index is 11.5. The van der Waals surface area contributed by atoms with Gasteiger partial charge in [0, 0.05) is 19.1 Å². The van der Waals surface area contributed by atoms with Crippen molar-refractivity contribution >= 4 is 15.8 Å². The molecule has 5 nitrogen and oxygen atoms in total. The zero-order valence-corrected chi connectivity index (χ0v) is 11.2. The third kappa shape index (κ3) is 4.63. The van der Waals surface area contributed by atoms with Gasteiger partial charge in [-0.15, -0.1) is 0 Å². The molecular formula is C11H21NO4S. The van der Waals surface area contributed by atoms with E-state index >= 15 is 0 Å². The van der Waals surface area contributed by atoms with Gasteiger partial charge in [-0.2, -0.15) is 0 Å². The van der Waals surface area contributed by atoms with Crippen LogP contribution in [0.15, 0.2) is 0 Å². The van der Waals surface area contributed by atoms with Crippen molar-refractivity contribution in [2.45, 2.75) is 32.7 Å². The molecule has 1 saturated heterocycles. The van der Waals surface area contributed by atoms with E-state index in [0.717, 1.165) is 13.0 Å². The predicted molar refractivity (Wildman–Crippen MR) is 65.7 cm³/mol. The molecule has 100 valence electrons. The lowest BCUT2D eigenvalue weighted by Gasteiger charge is -2.36. The van der Waals surface area contributed by atoms with Gasteiger partial charge in [-0.05, 0) is 5.92 Å². The summed E-state index contributed by atoms with van der Waals surface area (Å²) < 4.78 is 23.0. The molecule has 1 aliphatic heterocycles. The molecule has 0 spiro atoms. The first kappa shape index (κ1) is 14.4. The molecule has 0 bridgehead atoms. The average molecular weight is 263 g/mol. The van der Waals surface area contributed by atoms with E-state index in [1.54, 1.807) is 0 Å². The summed E-state index contributed by atoms with van der Waals surface area (Å²) in [7, 11) is -3.06. The highest BCUT2D eigenvalue weighted by molar-refractivity contribution is 7.91. The van der Waals surface area contributed by atoms with Crippen molar-refractivity contribution in [3.63, 3.8) is 0 Å². The largest absolute Gasteiger partial charge is 0.481 e. The lowest BCUT2D eigenvalue weighted by atomic mass is 10.1. The summed E-state index contributed by atoms with van der Waals surface area (Å²) in [4.78, 5) is 12.8. The molecule has 0 aromatic carbocycles. The number of hydrogen-bond donors (Lipinski definition) is 1. The molecule has 0 aromatic heterocycles. The number of hydrogen-bond acceptors (Lipinski definition) is 4. The Morgan fingerprint density at radius 2 is 2.18 bits per heavy atom. The SMILES string of the molecule is CCC(C)CN1CCS(=O)(=O)CC1CC(=O)O. The third-order valence-electron chi connectivity index (χ3n) is 3.31. The van der Waals surface area contributed by atoms with Crippen molar-refractivity contribution in [2.75, 3.05) is 24.6 Å². The van der Waals surface area contributed by atoms with Crippen molar-refractivity contribution < 1.29 is 18.3 Å². The van der Waals surface area contributed by atoms with Gasteiger partial charge in [0.25, 0.3) is 0 Å². The van der Waals surface area contributed by atoms with Gasteiger partial charge in [-0.25, -0.2) is 8.42 Å². The minimum absolute atomic E-state index is 0.0181. The van der Waals surface area contributed by atoms with E-state index in [-0.39, 0.29) is 24.0 Å². The van der Waals surface area contributed by atoms with E-state index in [9.17, 15) is 13.2 Å². The van der Waals surface area contributed by atoms with Gasteiger partial charge in [-0.1, -0.05) is 20.3 Å². The van der Waals surface area contributed by atoms with Gasteiger partial charge in [0.05, 0.1) is 17.9 Å². The van der Waals surface area contributed by atoms with Crippen LogP contribution in [-0.2, 0) is 14.6 Å². The maximum Gasteiger partial charge on any atom is 0.304 e. The van der Waals surface area contributed by atoms with E-state index < -0.39 is 15.8 Å². The molecule has 2 unspecified atom stereocenters. The van der Waals surface area contributed by atoms with Crippen LogP contribution < -0.4 is 0 Å². The quantitative estimate of drug-likeness (QED) is 0.786. The highest BCUT2D eigenvalue weighted by Gasteiger charge is 2.32. The molecule has 0 saturated carbocycles. The first-order valence-corrected chi connectivity index (χ1v) is 7.82. The summed E-state index contributed by atoms with van der Waals surface area (Å²) in [6.07, 6.45) is 0.929. The van der Waals surface area contributed by atoms with Crippen LogP contribution in [0, 0.1) is 5.92 Å². The van der Waals surface area contributed by atoms with Crippen molar-refractivity contribution in [3.8, 4) is 0 Å². The normalized spacial score (nSPS) is 26.6. The molecule has 1 aliphatic rings. The first-order chi connectivity index (χ1) is 7.84. The molecular weight excluding hydrogens is 242 g/mol. The van der Waals surface area contributed by atoms with E-state index in [0.29, 0.717) is 12.5 Å². The predicted octanol–water partition coefficient (Wildman–Crippen LogP) is 0.606. The van der Waals surface area contributed by atoms with Crippen LogP contribution in [-0.4, -0.2) is 55.0 Å². The van der Waals surface area contributed by atoms with Crippen LogP contribution in [0.4, 0.5) is 0 Å². The fraction of sp³-hybridized carbons (Fsp3) is 0.909. The molecule has 1 rings (SSSR count). The number of nitrogens with zero attached hydrogens (tertiary/aromatic N) is 1. The number of carboxylic acids is 1. The summed E-state index contributed by atoms with van der Waals surface area (Å²) in [6, 6.07) is -0.361. The fourth-order valence-electron chi connectivity index (χ4n) is 2.08. The molecule has 2 atom stereocenters. The number of sulfone groups is 1. The molecule has 6 heteroatoms. The number of carbonyl (C=O) groups is 1. The Hall–Kier alpha value is -0.620. The zero-order chi connectivity index (χ0) is 13.1. The number of aliphatic carboxylic acids is 1. The summed E-state index contributed by atoms with van der Waals surface area (Å²) in [6.45, 7) is 5.42. The molecule has 0 amide bonds. The lowest BCUT2D eigenvalue weighted by Crippen LogP contribution is -2.50. The van der Waals surface area contributed by atoms with E-state index in [1.165, 1.54) is 0 Å². The average Bonchev–Trinajstić information content (AvgIpc) is 2.20. The zero-order valence-electron chi connectivity index (χ0n) is 10.4. The standard InChI is InChI=1S/C11H21NO4S/c1-3-9(2)7-12-4-5-17(15,16)8-10(12)6-11(13)14/h9-10H,3-8H2,1-2H3,(H,13,14). The van der Waals surface area contributed by atoms with Gasteiger partial charge < -0.3 is 5.11 Å². The molecule has 17 heavy (non-hydrogen) atoms. The fourth-order valence-corrected chi connectivity index (χ4v) is 3.67. The van der Waals surface area contributed by atoms with Crippen molar-refractivity contribution in [3.05, 3.63) is 0 Å². The van der Waals surface area contributed by atoms with Gasteiger partial charge in [0.1, 0.15) is 0 Å². The van der Waals surface area contributed by atoms with Crippen molar-refractivity contribution in [2.24, 2.45) is 5.92 Å². The Balaban J connectivity index is 2.70. The molecule has 1 N–H and O–H groups in total. The van der Waals surface area contributed by atoms with Crippen LogP contribution in [0.3, 0.4) is 0 Å². The molecule has 1 fully saturated rings. The van der Waals surface area contributed by atoms with Crippen molar-refractivity contribution in [1.29, 1.82) is 0 Å². The molecule has 0 aliphatic carbocycles. The first-order valence-electron chi connectivity index (χ1n) is 6.00. The van der Waals surface area contributed by atoms with E-state index in [1.807, 2.05) is 4.90 Å².